The Bertz CT molecular complexity index is 569. The molecule has 24 heavy (non-hydrogen) atoms. The third-order valence-electron chi connectivity index (χ3n) is 5.05. The molecule has 0 aromatic heterocycles. The number of benzene rings is 1. The van der Waals surface area contributed by atoms with E-state index in [0.717, 1.165) is 24.2 Å². The van der Waals surface area contributed by atoms with E-state index in [1.807, 2.05) is 31.2 Å². The number of carboxylic acids is 1. The molecule has 3 unspecified atom stereocenters. The van der Waals surface area contributed by atoms with Gasteiger partial charge in [0, 0.05) is 19.0 Å². The van der Waals surface area contributed by atoms with E-state index >= 15 is 0 Å². The molecule has 1 amide bonds. The van der Waals surface area contributed by atoms with Gasteiger partial charge in [0.1, 0.15) is 5.75 Å². The second-order valence-corrected chi connectivity index (χ2v) is 6.59. The molecule has 5 nitrogen and oxygen atoms in total. The molecule has 2 rings (SSSR count). The van der Waals surface area contributed by atoms with Gasteiger partial charge in [-0.05, 0) is 49.8 Å². The van der Waals surface area contributed by atoms with Gasteiger partial charge in [0.2, 0.25) is 5.91 Å². The monoisotopic (exact) mass is 333 g/mol. The van der Waals surface area contributed by atoms with Gasteiger partial charge in [0.25, 0.3) is 0 Å². The normalized spacial score (nSPS) is 22.0. The number of likely N-dealkylation sites (tertiary alicyclic amines) is 1. The van der Waals surface area contributed by atoms with Crippen molar-refractivity contribution < 1.29 is 19.4 Å². The van der Waals surface area contributed by atoms with Gasteiger partial charge in [-0.2, -0.15) is 0 Å². The second-order valence-electron chi connectivity index (χ2n) is 6.59. The third kappa shape index (κ3) is 4.28. The van der Waals surface area contributed by atoms with Crippen molar-refractivity contribution in [3.05, 3.63) is 29.8 Å². The Kier molecular flexibility index (Phi) is 6.23. The van der Waals surface area contributed by atoms with Crippen molar-refractivity contribution in [2.45, 2.75) is 51.5 Å². The van der Waals surface area contributed by atoms with E-state index in [2.05, 4.69) is 6.92 Å². The molecule has 1 aromatic rings. The smallest absolute Gasteiger partial charge is 0.308 e. The molecule has 1 N–H and O–H groups in total. The average Bonchev–Trinajstić information content (AvgIpc) is 2.59. The van der Waals surface area contributed by atoms with Gasteiger partial charge >= 0.3 is 5.97 Å². The zero-order valence-electron chi connectivity index (χ0n) is 14.7. The molecule has 132 valence electrons. The van der Waals surface area contributed by atoms with Crippen LogP contribution in [0.15, 0.2) is 24.3 Å². The number of carbonyl (C=O) groups is 2. The van der Waals surface area contributed by atoms with E-state index < -0.39 is 11.9 Å². The number of rotatable bonds is 6. The van der Waals surface area contributed by atoms with Gasteiger partial charge in [0.05, 0.1) is 13.0 Å². The number of amides is 1. The van der Waals surface area contributed by atoms with Crippen molar-refractivity contribution in [3.63, 3.8) is 0 Å². The highest BCUT2D eigenvalue weighted by Crippen LogP contribution is 2.29. The zero-order valence-corrected chi connectivity index (χ0v) is 14.7. The Labute approximate surface area is 143 Å². The number of aliphatic carboxylic acids is 1. The number of methoxy groups -OCH3 is 1. The number of hydrogen-bond donors (Lipinski definition) is 1. The number of ether oxygens (including phenoxy) is 1. The topological polar surface area (TPSA) is 66.8 Å². The lowest BCUT2D eigenvalue weighted by Gasteiger charge is -2.37. The molecule has 3 atom stereocenters. The Morgan fingerprint density at radius 1 is 1.29 bits per heavy atom. The number of hydrogen-bond acceptors (Lipinski definition) is 3. The maximum absolute atomic E-state index is 12.8. The number of carbonyl (C=O) groups excluding carboxylic acids is 1. The van der Waals surface area contributed by atoms with Crippen molar-refractivity contribution >= 4 is 11.9 Å². The molecule has 1 saturated heterocycles. The Hall–Kier alpha value is -2.04. The van der Waals surface area contributed by atoms with Gasteiger partial charge < -0.3 is 14.7 Å². The van der Waals surface area contributed by atoms with E-state index in [9.17, 15) is 14.7 Å². The third-order valence-corrected chi connectivity index (χ3v) is 5.05. The quantitative estimate of drug-likeness (QED) is 0.867. The molecule has 0 radical (unpaired) electrons. The highest BCUT2D eigenvalue weighted by atomic mass is 16.5. The fourth-order valence-corrected chi connectivity index (χ4v) is 3.36. The first-order valence-corrected chi connectivity index (χ1v) is 8.62. The SMILES string of the molecule is CCC(CC(=O)N1CC(C(=O)O)CCC1C)c1ccc(OC)cc1. The molecule has 0 bridgehead atoms. The van der Waals surface area contributed by atoms with Crippen LogP contribution in [0.3, 0.4) is 0 Å². The molecule has 1 aliphatic rings. The van der Waals surface area contributed by atoms with Gasteiger partial charge in [-0.25, -0.2) is 0 Å². The summed E-state index contributed by atoms with van der Waals surface area (Å²) in [5.74, 6) is -0.251. The largest absolute Gasteiger partial charge is 0.497 e. The molecular formula is C19H27NO4. The number of carboxylic acid groups (broad SMARTS) is 1. The second kappa shape index (κ2) is 8.18. The maximum Gasteiger partial charge on any atom is 0.308 e. The van der Waals surface area contributed by atoms with Crippen LogP contribution in [0.4, 0.5) is 0 Å². The summed E-state index contributed by atoms with van der Waals surface area (Å²) in [7, 11) is 1.63. The molecule has 1 aromatic carbocycles. The van der Waals surface area contributed by atoms with Crippen molar-refractivity contribution in [2.24, 2.45) is 5.92 Å². The molecule has 1 aliphatic heterocycles. The Morgan fingerprint density at radius 3 is 2.50 bits per heavy atom. The lowest BCUT2D eigenvalue weighted by atomic mass is 9.90. The molecule has 0 saturated carbocycles. The fraction of sp³-hybridized carbons (Fsp3) is 0.579. The first kappa shape index (κ1) is 18.3. The lowest BCUT2D eigenvalue weighted by Crippen LogP contribution is -2.47. The van der Waals surface area contributed by atoms with Gasteiger partial charge in [-0.1, -0.05) is 19.1 Å². The van der Waals surface area contributed by atoms with Crippen LogP contribution in [-0.2, 0) is 9.59 Å². The van der Waals surface area contributed by atoms with Crippen LogP contribution in [-0.4, -0.2) is 41.6 Å². The van der Waals surface area contributed by atoms with Crippen LogP contribution < -0.4 is 4.74 Å². The van der Waals surface area contributed by atoms with Gasteiger partial charge in [0.15, 0.2) is 0 Å². The summed E-state index contributed by atoms with van der Waals surface area (Å²) in [5.41, 5.74) is 1.12. The average molecular weight is 333 g/mol. The van der Waals surface area contributed by atoms with Crippen molar-refractivity contribution in [3.8, 4) is 5.75 Å². The predicted octanol–water partition coefficient (Wildman–Crippen LogP) is 3.29. The predicted molar refractivity (Wildman–Crippen MR) is 92.2 cm³/mol. The van der Waals surface area contributed by atoms with Crippen LogP contribution in [0.1, 0.15) is 51.0 Å². The minimum absolute atomic E-state index is 0.0520. The van der Waals surface area contributed by atoms with E-state index in [-0.39, 0.29) is 17.9 Å². The van der Waals surface area contributed by atoms with Crippen LogP contribution in [0.2, 0.25) is 0 Å². The fourth-order valence-electron chi connectivity index (χ4n) is 3.36. The summed E-state index contributed by atoms with van der Waals surface area (Å²) in [6.45, 7) is 4.40. The Morgan fingerprint density at radius 2 is 1.96 bits per heavy atom. The Balaban J connectivity index is 2.05. The van der Waals surface area contributed by atoms with Crippen molar-refractivity contribution in [2.75, 3.05) is 13.7 Å². The van der Waals surface area contributed by atoms with Gasteiger partial charge in [-0.15, -0.1) is 0 Å². The summed E-state index contributed by atoms with van der Waals surface area (Å²) in [4.78, 5) is 25.7. The maximum atomic E-state index is 12.8. The summed E-state index contributed by atoms with van der Waals surface area (Å²) in [6.07, 6.45) is 2.68. The van der Waals surface area contributed by atoms with Gasteiger partial charge in [-0.3, -0.25) is 9.59 Å². The van der Waals surface area contributed by atoms with Crippen LogP contribution in [0.5, 0.6) is 5.75 Å². The summed E-state index contributed by atoms with van der Waals surface area (Å²) in [5, 5.41) is 9.23. The van der Waals surface area contributed by atoms with Crippen LogP contribution >= 0.6 is 0 Å². The highest BCUT2D eigenvalue weighted by molar-refractivity contribution is 5.79. The van der Waals surface area contributed by atoms with E-state index in [1.54, 1.807) is 12.0 Å². The summed E-state index contributed by atoms with van der Waals surface area (Å²) < 4.78 is 5.18. The lowest BCUT2D eigenvalue weighted by molar-refractivity contribution is -0.147. The van der Waals surface area contributed by atoms with Crippen LogP contribution in [0, 0.1) is 5.92 Å². The first-order valence-electron chi connectivity index (χ1n) is 8.62. The van der Waals surface area contributed by atoms with Crippen molar-refractivity contribution in [1.29, 1.82) is 0 Å². The molecule has 0 spiro atoms. The van der Waals surface area contributed by atoms with E-state index in [0.29, 0.717) is 19.4 Å². The number of piperidine rings is 1. The molecule has 0 aliphatic carbocycles. The highest BCUT2D eigenvalue weighted by Gasteiger charge is 2.33. The minimum Gasteiger partial charge on any atom is -0.497 e. The molecule has 5 heteroatoms. The summed E-state index contributed by atoms with van der Waals surface area (Å²) >= 11 is 0. The van der Waals surface area contributed by atoms with Crippen molar-refractivity contribution in [1.82, 2.24) is 4.90 Å². The molecule has 1 fully saturated rings. The minimum atomic E-state index is -0.804. The van der Waals surface area contributed by atoms with E-state index in [4.69, 9.17) is 4.74 Å². The van der Waals surface area contributed by atoms with E-state index in [1.165, 1.54) is 0 Å². The van der Waals surface area contributed by atoms with Crippen LogP contribution in [0.25, 0.3) is 0 Å². The first-order chi connectivity index (χ1) is 11.5. The summed E-state index contributed by atoms with van der Waals surface area (Å²) in [6, 6.07) is 7.93. The number of nitrogens with zero attached hydrogens (tertiary/aromatic N) is 1. The zero-order chi connectivity index (χ0) is 17.7. The standard InChI is InChI=1S/C19H27NO4/c1-4-14(15-7-9-17(24-3)10-8-15)11-18(21)20-12-16(19(22)23)6-5-13(20)2/h7-10,13-14,16H,4-6,11-12H2,1-3H3,(H,22,23). The molecular weight excluding hydrogens is 306 g/mol. The molecule has 1 heterocycles.